The minimum atomic E-state index is -0.279. The standard InChI is InChI=1S/C29H32N2O5/c1-20-10-11-22(3)27(16-20)35-18-28(32)30-23-12-13-26-24(17-23)31(29(33)19-36-26)14-6-7-15-34-25-9-5-4-8-21(25)2/h4-5,8-13,16-17H,6-7,14-15,18-19H2,1-3H3,(H,30,32). The van der Waals surface area contributed by atoms with Crippen molar-refractivity contribution in [2.75, 3.05) is 36.6 Å². The number of fused-ring (bicyclic) bond motifs is 1. The van der Waals surface area contributed by atoms with Gasteiger partial charge in [-0.1, -0.05) is 30.3 Å². The summed E-state index contributed by atoms with van der Waals surface area (Å²) >= 11 is 0. The Morgan fingerprint density at radius 3 is 2.58 bits per heavy atom. The number of benzene rings is 3. The molecule has 2 amide bonds. The lowest BCUT2D eigenvalue weighted by Crippen LogP contribution is -2.39. The molecule has 0 fully saturated rings. The monoisotopic (exact) mass is 488 g/mol. The van der Waals surface area contributed by atoms with E-state index in [4.69, 9.17) is 14.2 Å². The molecule has 36 heavy (non-hydrogen) atoms. The van der Waals surface area contributed by atoms with Gasteiger partial charge in [-0.2, -0.15) is 0 Å². The van der Waals surface area contributed by atoms with Crippen LogP contribution >= 0.6 is 0 Å². The van der Waals surface area contributed by atoms with E-state index in [0.717, 1.165) is 35.3 Å². The summed E-state index contributed by atoms with van der Waals surface area (Å²) in [6.45, 7) is 6.95. The lowest BCUT2D eigenvalue weighted by molar-refractivity contribution is -0.121. The van der Waals surface area contributed by atoms with E-state index < -0.39 is 0 Å². The fourth-order valence-corrected chi connectivity index (χ4v) is 4.00. The molecule has 0 radical (unpaired) electrons. The Balaban J connectivity index is 1.32. The lowest BCUT2D eigenvalue weighted by Gasteiger charge is -2.30. The number of nitrogens with one attached hydrogen (secondary N) is 1. The number of hydrogen-bond acceptors (Lipinski definition) is 5. The number of hydrogen-bond donors (Lipinski definition) is 1. The molecule has 3 aromatic carbocycles. The molecule has 1 aliphatic rings. The third-order valence-corrected chi connectivity index (χ3v) is 6.02. The highest BCUT2D eigenvalue weighted by molar-refractivity contribution is 5.99. The van der Waals surface area contributed by atoms with Crippen LogP contribution in [0.5, 0.6) is 17.2 Å². The summed E-state index contributed by atoms with van der Waals surface area (Å²) in [5.74, 6) is 1.80. The zero-order chi connectivity index (χ0) is 25.5. The summed E-state index contributed by atoms with van der Waals surface area (Å²) < 4.78 is 17.2. The summed E-state index contributed by atoms with van der Waals surface area (Å²) in [4.78, 5) is 26.8. The maximum atomic E-state index is 12.6. The van der Waals surface area contributed by atoms with Crippen LogP contribution < -0.4 is 24.4 Å². The van der Waals surface area contributed by atoms with Crippen LogP contribution in [0.3, 0.4) is 0 Å². The number of anilines is 2. The molecule has 0 saturated heterocycles. The van der Waals surface area contributed by atoms with Crippen LogP contribution in [0.25, 0.3) is 0 Å². The summed E-state index contributed by atoms with van der Waals surface area (Å²) in [5.41, 5.74) is 4.37. The van der Waals surface area contributed by atoms with Crippen LogP contribution in [0, 0.1) is 20.8 Å². The fraction of sp³-hybridized carbons (Fsp3) is 0.310. The Labute approximate surface area is 212 Å². The molecule has 0 spiro atoms. The minimum Gasteiger partial charge on any atom is -0.493 e. The average Bonchev–Trinajstić information content (AvgIpc) is 2.86. The molecule has 0 atom stereocenters. The molecule has 0 aromatic heterocycles. The molecule has 4 rings (SSSR count). The van der Waals surface area contributed by atoms with Gasteiger partial charge < -0.3 is 24.4 Å². The van der Waals surface area contributed by atoms with Crippen LogP contribution in [0.4, 0.5) is 11.4 Å². The molecule has 1 N–H and O–H groups in total. The van der Waals surface area contributed by atoms with E-state index in [1.807, 2.05) is 63.2 Å². The van der Waals surface area contributed by atoms with Gasteiger partial charge in [-0.25, -0.2) is 0 Å². The molecular weight excluding hydrogens is 456 g/mol. The van der Waals surface area contributed by atoms with E-state index >= 15 is 0 Å². The van der Waals surface area contributed by atoms with Crippen molar-refractivity contribution in [3.63, 3.8) is 0 Å². The Kier molecular flexibility index (Phi) is 8.10. The van der Waals surface area contributed by atoms with Gasteiger partial charge in [-0.15, -0.1) is 0 Å². The summed E-state index contributed by atoms with van der Waals surface area (Å²) in [7, 11) is 0. The second kappa shape index (κ2) is 11.6. The smallest absolute Gasteiger partial charge is 0.265 e. The van der Waals surface area contributed by atoms with Gasteiger partial charge in [0.2, 0.25) is 0 Å². The first kappa shape index (κ1) is 25.1. The molecule has 0 saturated carbocycles. The summed E-state index contributed by atoms with van der Waals surface area (Å²) in [5, 5.41) is 2.85. The maximum absolute atomic E-state index is 12.6. The SMILES string of the molecule is Cc1ccc(C)c(OCC(=O)Nc2ccc3c(c2)N(CCCCOc2ccccc2C)C(=O)CO3)c1. The lowest BCUT2D eigenvalue weighted by atomic mass is 10.1. The van der Waals surface area contributed by atoms with Gasteiger partial charge in [0.05, 0.1) is 12.3 Å². The summed E-state index contributed by atoms with van der Waals surface area (Å²) in [6.07, 6.45) is 1.58. The van der Waals surface area contributed by atoms with Gasteiger partial charge in [0.15, 0.2) is 13.2 Å². The van der Waals surface area contributed by atoms with Crippen LogP contribution in [0.1, 0.15) is 29.5 Å². The second-order valence-electron chi connectivity index (χ2n) is 8.94. The third-order valence-electron chi connectivity index (χ3n) is 6.02. The van der Waals surface area contributed by atoms with E-state index in [1.54, 1.807) is 23.1 Å². The summed E-state index contributed by atoms with van der Waals surface area (Å²) in [6, 6.07) is 19.1. The normalized spacial score (nSPS) is 12.5. The van der Waals surface area contributed by atoms with E-state index in [9.17, 15) is 9.59 Å². The fourth-order valence-electron chi connectivity index (χ4n) is 4.00. The van der Waals surface area contributed by atoms with E-state index in [-0.39, 0.29) is 25.0 Å². The average molecular weight is 489 g/mol. The number of carbonyl (C=O) groups excluding carboxylic acids is 2. The van der Waals surface area contributed by atoms with Crippen molar-refractivity contribution in [1.29, 1.82) is 0 Å². The second-order valence-corrected chi connectivity index (χ2v) is 8.94. The molecule has 0 unspecified atom stereocenters. The number of ether oxygens (including phenoxy) is 3. The van der Waals surface area contributed by atoms with Crippen LogP contribution in [0.15, 0.2) is 60.7 Å². The van der Waals surface area contributed by atoms with Crippen molar-refractivity contribution >= 4 is 23.2 Å². The van der Waals surface area contributed by atoms with Crippen molar-refractivity contribution in [3.8, 4) is 17.2 Å². The first-order valence-corrected chi connectivity index (χ1v) is 12.2. The highest BCUT2D eigenvalue weighted by Crippen LogP contribution is 2.35. The number of carbonyl (C=O) groups is 2. The quantitative estimate of drug-likeness (QED) is 0.396. The molecule has 7 nitrogen and oxygen atoms in total. The highest BCUT2D eigenvalue weighted by Gasteiger charge is 2.25. The van der Waals surface area contributed by atoms with Crippen LogP contribution in [0.2, 0.25) is 0 Å². The van der Waals surface area contributed by atoms with E-state index in [1.165, 1.54) is 0 Å². The molecule has 0 aliphatic carbocycles. The molecule has 188 valence electrons. The first-order chi connectivity index (χ1) is 17.4. The predicted molar refractivity (Wildman–Crippen MR) is 140 cm³/mol. The van der Waals surface area contributed by atoms with Crippen molar-refractivity contribution in [3.05, 3.63) is 77.4 Å². The first-order valence-electron chi connectivity index (χ1n) is 12.2. The largest absolute Gasteiger partial charge is 0.493 e. The minimum absolute atomic E-state index is 0.00208. The van der Waals surface area contributed by atoms with Crippen molar-refractivity contribution < 1.29 is 23.8 Å². The number of rotatable bonds is 10. The van der Waals surface area contributed by atoms with Gasteiger partial charge in [0.25, 0.3) is 11.8 Å². The van der Waals surface area contributed by atoms with Gasteiger partial charge in [-0.3, -0.25) is 9.59 Å². The topological polar surface area (TPSA) is 77.1 Å². The molecule has 3 aromatic rings. The third kappa shape index (κ3) is 6.36. The van der Waals surface area contributed by atoms with Gasteiger partial charge >= 0.3 is 0 Å². The van der Waals surface area contributed by atoms with Gasteiger partial charge in [0, 0.05) is 12.2 Å². The zero-order valence-electron chi connectivity index (χ0n) is 21.0. The molecule has 0 bridgehead atoms. The number of aryl methyl sites for hydroxylation is 3. The Hall–Kier alpha value is -4.00. The number of amides is 2. The zero-order valence-corrected chi connectivity index (χ0v) is 21.0. The van der Waals surface area contributed by atoms with E-state index in [2.05, 4.69) is 5.32 Å². The molecular formula is C29H32N2O5. The highest BCUT2D eigenvalue weighted by atomic mass is 16.5. The van der Waals surface area contributed by atoms with Crippen molar-refractivity contribution in [1.82, 2.24) is 0 Å². The van der Waals surface area contributed by atoms with Crippen LogP contribution in [-0.4, -0.2) is 38.2 Å². The van der Waals surface area contributed by atoms with Gasteiger partial charge in [0.1, 0.15) is 17.2 Å². The Morgan fingerprint density at radius 2 is 1.75 bits per heavy atom. The number of para-hydroxylation sites is 1. The Morgan fingerprint density at radius 1 is 0.944 bits per heavy atom. The van der Waals surface area contributed by atoms with Gasteiger partial charge in [-0.05, 0) is 80.6 Å². The number of nitrogens with zero attached hydrogens (tertiary/aromatic N) is 1. The Bertz CT molecular complexity index is 1240. The van der Waals surface area contributed by atoms with Crippen LogP contribution in [-0.2, 0) is 9.59 Å². The number of unbranched alkanes of at least 4 members (excludes halogenated alkanes) is 1. The maximum Gasteiger partial charge on any atom is 0.265 e. The predicted octanol–water partition coefficient (Wildman–Crippen LogP) is 5.21. The van der Waals surface area contributed by atoms with E-state index in [0.29, 0.717) is 36.0 Å². The molecule has 1 heterocycles. The van der Waals surface area contributed by atoms with Crippen molar-refractivity contribution in [2.45, 2.75) is 33.6 Å². The van der Waals surface area contributed by atoms with Crippen molar-refractivity contribution in [2.24, 2.45) is 0 Å². The molecule has 1 aliphatic heterocycles. The molecule has 7 heteroatoms.